The van der Waals surface area contributed by atoms with E-state index in [1.165, 1.54) is 5.56 Å². The zero-order valence-corrected chi connectivity index (χ0v) is 13.2. The van der Waals surface area contributed by atoms with Gasteiger partial charge in [-0.15, -0.1) is 0 Å². The molecule has 0 spiro atoms. The van der Waals surface area contributed by atoms with Crippen LogP contribution in [-0.2, 0) is 10.2 Å². The molecule has 0 aromatic heterocycles. The van der Waals surface area contributed by atoms with Crippen LogP contribution in [0.1, 0.15) is 26.3 Å². The summed E-state index contributed by atoms with van der Waals surface area (Å²) in [6, 6.07) is 8.16. The first-order valence-corrected chi connectivity index (χ1v) is 6.95. The number of amides is 1. The van der Waals surface area contributed by atoms with Gasteiger partial charge in [0, 0.05) is 20.6 Å². The highest BCUT2D eigenvalue weighted by Crippen LogP contribution is 2.25. The van der Waals surface area contributed by atoms with Gasteiger partial charge in [-0.1, -0.05) is 32.9 Å². The highest BCUT2D eigenvalue weighted by molar-refractivity contribution is 5.77. The van der Waals surface area contributed by atoms with Crippen molar-refractivity contribution in [1.82, 2.24) is 10.2 Å². The molecule has 0 aliphatic carbocycles. The number of nitrogens with zero attached hydrogens (tertiary/aromatic N) is 1. The van der Waals surface area contributed by atoms with E-state index in [1.54, 1.807) is 19.0 Å². The zero-order valence-electron chi connectivity index (χ0n) is 13.2. The second kappa shape index (κ2) is 7.29. The number of likely N-dealkylation sites (N-methyl/N-ethyl adjacent to an activating group) is 1. The molecule has 1 rings (SSSR count). The molecule has 0 aliphatic heterocycles. The number of ether oxygens (including phenoxy) is 1. The molecule has 0 atom stereocenters. The Morgan fingerprint density at radius 3 is 2.60 bits per heavy atom. The smallest absolute Gasteiger partial charge is 0.236 e. The molecule has 1 aromatic carbocycles. The molecular weight excluding hydrogens is 252 g/mol. The maximum atomic E-state index is 11.4. The van der Waals surface area contributed by atoms with Gasteiger partial charge in [-0.3, -0.25) is 4.79 Å². The lowest BCUT2D eigenvalue weighted by molar-refractivity contribution is -0.127. The monoisotopic (exact) mass is 278 g/mol. The molecule has 1 aromatic rings. The minimum absolute atomic E-state index is 0.0692. The highest BCUT2D eigenvalue weighted by atomic mass is 16.5. The number of benzene rings is 1. The molecular formula is C16H26N2O2. The van der Waals surface area contributed by atoms with Crippen molar-refractivity contribution in [2.45, 2.75) is 26.2 Å². The molecule has 0 heterocycles. The van der Waals surface area contributed by atoms with Crippen molar-refractivity contribution in [3.63, 3.8) is 0 Å². The number of nitrogens with one attached hydrogen (secondary N) is 1. The van der Waals surface area contributed by atoms with Gasteiger partial charge >= 0.3 is 0 Å². The molecule has 0 bridgehead atoms. The first kappa shape index (κ1) is 16.5. The van der Waals surface area contributed by atoms with Crippen LogP contribution in [0.5, 0.6) is 5.75 Å². The maximum absolute atomic E-state index is 11.4. The zero-order chi connectivity index (χ0) is 15.2. The number of carbonyl (C=O) groups excluding carboxylic acids is 1. The van der Waals surface area contributed by atoms with E-state index in [-0.39, 0.29) is 11.3 Å². The Kier molecular flexibility index (Phi) is 6.02. The molecule has 1 N–H and O–H groups in total. The van der Waals surface area contributed by atoms with Crippen molar-refractivity contribution in [3.8, 4) is 5.75 Å². The third-order valence-electron chi connectivity index (χ3n) is 3.02. The highest BCUT2D eigenvalue weighted by Gasteiger charge is 2.13. The van der Waals surface area contributed by atoms with Gasteiger partial charge in [-0.2, -0.15) is 0 Å². The van der Waals surface area contributed by atoms with Gasteiger partial charge in [0.15, 0.2) is 0 Å². The third kappa shape index (κ3) is 5.61. The van der Waals surface area contributed by atoms with Gasteiger partial charge in [0.25, 0.3) is 0 Å². The minimum atomic E-state index is 0.0692. The van der Waals surface area contributed by atoms with Crippen LogP contribution in [0.15, 0.2) is 24.3 Å². The van der Waals surface area contributed by atoms with Gasteiger partial charge in [0.2, 0.25) is 5.91 Å². The standard InChI is InChI=1S/C16H26N2O2/c1-16(2,3)13-7-6-8-14(11-13)20-10-9-17-12-15(19)18(4)5/h6-8,11,17H,9-10,12H2,1-5H3. The van der Waals surface area contributed by atoms with Crippen LogP contribution in [0.4, 0.5) is 0 Å². The maximum Gasteiger partial charge on any atom is 0.236 e. The van der Waals surface area contributed by atoms with E-state index in [2.05, 4.69) is 38.2 Å². The lowest BCUT2D eigenvalue weighted by Gasteiger charge is -2.19. The fourth-order valence-corrected chi connectivity index (χ4v) is 1.65. The van der Waals surface area contributed by atoms with Crippen LogP contribution in [0.25, 0.3) is 0 Å². The van der Waals surface area contributed by atoms with E-state index < -0.39 is 0 Å². The summed E-state index contributed by atoms with van der Waals surface area (Å²) in [5, 5.41) is 3.07. The van der Waals surface area contributed by atoms with E-state index in [1.807, 2.05) is 12.1 Å². The van der Waals surface area contributed by atoms with Gasteiger partial charge < -0.3 is 15.0 Å². The summed E-state index contributed by atoms with van der Waals surface area (Å²) in [5.74, 6) is 0.942. The van der Waals surface area contributed by atoms with Gasteiger partial charge in [0.05, 0.1) is 6.54 Å². The predicted molar refractivity (Wildman–Crippen MR) is 82.2 cm³/mol. The summed E-state index contributed by atoms with van der Waals surface area (Å²) in [6.45, 7) is 8.09. The largest absolute Gasteiger partial charge is 0.492 e. The van der Waals surface area contributed by atoms with Crippen molar-refractivity contribution in [2.24, 2.45) is 0 Å². The van der Waals surface area contributed by atoms with Gasteiger partial charge in [-0.05, 0) is 23.1 Å². The average Bonchev–Trinajstić information content (AvgIpc) is 2.37. The minimum Gasteiger partial charge on any atom is -0.492 e. The first-order valence-electron chi connectivity index (χ1n) is 6.95. The van der Waals surface area contributed by atoms with E-state index >= 15 is 0 Å². The Hall–Kier alpha value is -1.55. The summed E-state index contributed by atoms with van der Waals surface area (Å²) in [7, 11) is 3.50. The Morgan fingerprint density at radius 1 is 1.30 bits per heavy atom. The van der Waals surface area contributed by atoms with Crippen molar-refractivity contribution >= 4 is 5.91 Å². The number of hydrogen-bond acceptors (Lipinski definition) is 3. The molecule has 0 unspecified atom stereocenters. The van der Waals surface area contributed by atoms with E-state index in [9.17, 15) is 4.79 Å². The lowest BCUT2D eigenvalue weighted by Crippen LogP contribution is -2.34. The number of rotatable bonds is 6. The summed E-state index contributed by atoms with van der Waals surface area (Å²) in [6.07, 6.45) is 0. The van der Waals surface area contributed by atoms with Crippen LogP contribution in [0.2, 0.25) is 0 Å². The van der Waals surface area contributed by atoms with E-state index in [4.69, 9.17) is 4.74 Å². The molecule has 4 nitrogen and oxygen atoms in total. The molecule has 112 valence electrons. The molecule has 1 amide bonds. The third-order valence-corrected chi connectivity index (χ3v) is 3.02. The topological polar surface area (TPSA) is 41.6 Å². The van der Waals surface area contributed by atoms with E-state index in [0.29, 0.717) is 19.7 Å². The number of carbonyl (C=O) groups is 1. The Morgan fingerprint density at radius 2 is 2.00 bits per heavy atom. The average molecular weight is 278 g/mol. The summed E-state index contributed by atoms with van der Waals surface area (Å²) < 4.78 is 5.70. The molecule has 0 fully saturated rings. The van der Waals surface area contributed by atoms with Crippen LogP contribution in [0, 0.1) is 0 Å². The van der Waals surface area contributed by atoms with Crippen LogP contribution >= 0.6 is 0 Å². The molecule has 20 heavy (non-hydrogen) atoms. The fourth-order valence-electron chi connectivity index (χ4n) is 1.65. The lowest BCUT2D eigenvalue weighted by atomic mass is 9.87. The SMILES string of the molecule is CN(C)C(=O)CNCCOc1cccc(C(C)(C)C)c1. The van der Waals surface area contributed by atoms with Crippen LogP contribution < -0.4 is 10.1 Å². The van der Waals surface area contributed by atoms with Crippen molar-refractivity contribution in [3.05, 3.63) is 29.8 Å². The molecule has 0 aliphatic rings. The van der Waals surface area contributed by atoms with Gasteiger partial charge in [-0.25, -0.2) is 0 Å². The summed E-state index contributed by atoms with van der Waals surface area (Å²) in [5.41, 5.74) is 1.38. The quantitative estimate of drug-likeness (QED) is 0.810. The fraction of sp³-hybridized carbons (Fsp3) is 0.562. The van der Waals surface area contributed by atoms with Crippen molar-refractivity contribution in [1.29, 1.82) is 0 Å². The molecule has 4 heteroatoms. The summed E-state index contributed by atoms with van der Waals surface area (Å²) >= 11 is 0. The second-order valence-corrected chi connectivity index (χ2v) is 6.09. The van der Waals surface area contributed by atoms with Crippen LogP contribution in [0.3, 0.4) is 0 Å². The Labute approximate surface area is 122 Å². The van der Waals surface area contributed by atoms with Crippen molar-refractivity contribution < 1.29 is 9.53 Å². The van der Waals surface area contributed by atoms with Crippen molar-refractivity contribution in [2.75, 3.05) is 33.8 Å². The molecule has 0 saturated carbocycles. The number of hydrogen-bond donors (Lipinski definition) is 1. The Bertz CT molecular complexity index is 436. The first-order chi connectivity index (χ1) is 9.30. The summed E-state index contributed by atoms with van der Waals surface area (Å²) in [4.78, 5) is 12.9. The van der Waals surface area contributed by atoms with Gasteiger partial charge in [0.1, 0.15) is 12.4 Å². The predicted octanol–water partition coefficient (Wildman–Crippen LogP) is 2.04. The Balaban J connectivity index is 2.34. The molecule has 0 saturated heterocycles. The normalized spacial score (nSPS) is 11.2. The van der Waals surface area contributed by atoms with E-state index in [0.717, 1.165) is 5.75 Å². The second-order valence-electron chi connectivity index (χ2n) is 6.09. The molecule has 0 radical (unpaired) electrons. The van der Waals surface area contributed by atoms with Crippen LogP contribution in [-0.4, -0.2) is 44.6 Å².